The number of phosphoric acid groups is 1. The van der Waals surface area contributed by atoms with Crippen molar-refractivity contribution in [1.29, 1.82) is 0 Å². The average Bonchev–Trinajstić information content (AvgIpc) is 3.11. The van der Waals surface area contributed by atoms with Crippen molar-refractivity contribution in [2.24, 2.45) is 5.73 Å². The molecule has 0 rings (SSSR count). The highest BCUT2D eigenvalue weighted by Crippen LogP contribution is 2.43. The Morgan fingerprint density at radius 3 is 1.48 bits per heavy atom. The molecule has 0 saturated carbocycles. The van der Waals surface area contributed by atoms with Gasteiger partial charge in [0.15, 0.2) is 6.10 Å². The van der Waals surface area contributed by atoms with E-state index < -0.39 is 13.9 Å². The number of carbonyl (C=O) groups excluding carboxylic acids is 1. The number of unbranched alkanes of at least 4 members (excludes halogenated alkanes) is 25. The predicted octanol–water partition coefficient (Wildman–Crippen LogP) is 12.4. The summed E-state index contributed by atoms with van der Waals surface area (Å²) in [6.07, 6.45) is 42.9. The molecule has 0 aliphatic carbocycles. The second-order valence-corrected chi connectivity index (χ2v) is 15.4. The first kappa shape index (κ1) is 48.8. The van der Waals surface area contributed by atoms with Crippen LogP contribution in [-0.2, 0) is 27.9 Å². The van der Waals surface area contributed by atoms with E-state index in [9.17, 15) is 14.3 Å². The van der Waals surface area contributed by atoms with Crippen molar-refractivity contribution in [3.8, 4) is 0 Å². The number of hydrogen-bond acceptors (Lipinski definition) is 7. The van der Waals surface area contributed by atoms with Crippen LogP contribution in [0.5, 0.6) is 0 Å². The van der Waals surface area contributed by atoms with Crippen molar-refractivity contribution in [3.63, 3.8) is 0 Å². The fourth-order valence-electron chi connectivity index (χ4n) is 5.80. The van der Waals surface area contributed by atoms with Gasteiger partial charge in [-0.05, 0) is 51.0 Å². The minimum absolute atomic E-state index is 0.0643. The van der Waals surface area contributed by atoms with Crippen LogP contribution >= 0.6 is 7.82 Å². The number of esters is 1. The Bertz CT molecular complexity index is 823. The minimum atomic E-state index is -4.26. The zero-order valence-corrected chi connectivity index (χ0v) is 33.5. The van der Waals surface area contributed by atoms with Crippen molar-refractivity contribution >= 4 is 13.8 Å². The van der Waals surface area contributed by atoms with Crippen LogP contribution in [-0.4, -0.2) is 43.3 Å². The second kappa shape index (κ2) is 39.0. The topological polar surface area (TPSA) is 117 Å². The minimum Gasteiger partial charge on any atom is -0.492 e. The van der Waals surface area contributed by atoms with Crippen LogP contribution in [0.4, 0.5) is 0 Å². The second-order valence-electron chi connectivity index (χ2n) is 13.9. The highest BCUT2D eigenvalue weighted by molar-refractivity contribution is 7.47. The monoisotopic (exact) mass is 730 g/mol. The van der Waals surface area contributed by atoms with Crippen LogP contribution < -0.4 is 5.73 Å². The lowest BCUT2D eigenvalue weighted by molar-refractivity contribution is -0.147. The molecule has 0 fully saturated rings. The van der Waals surface area contributed by atoms with Crippen molar-refractivity contribution in [3.05, 3.63) is 24.5 Å². The summed E-state index contributed by atoms with van der Waals surface area (Å²) in [5.74, 6) is -0.291. The van der Waals surface area contributed by atoms with Gasteiger partial charge < -0.3 is 20.1 Å². The first-order valence-corrected chi connectivity index (χ1v) is 22.4. The molecule has 0 heterocycles. The van der Waals surface area contributed by atoms with Crippen LogP contribution in [0.3, 0.4) is 0 Å². The van der Waals surface area contributed by atoms with E-state index in [-0.39, 0.29) is 32.3 Å². The summed E-state index contributed by atoms with van der Waals surface area (Å²) in [6, 6.07) is 0. The lowest BCUT2D eigenvalue weighted by Crippen LogP contribution is -2.25. The van der Waals surface area contributed by atoms with Crippen molar-refractivity contribution < 1.29 is 32.8 Å². The molecule has 0 aliphatic heterocycles. The number of rotatable bonds is 40. The molecule has 0 spiro atoms. The van der Waals surface area contributed by atoms with E-state index in [4.69, 9.17) is 24.3 Å². The smallest absolute Gasteiger partial charge is 0.472 e. The van der Waals surface area contributed by atoms with E-state index in [0.29, 0.717) is 6.42 Å². The number of phosphoric ester groups is 1. The lowest BCUT2D eigenvalue weighted by Gasteiger charge is -2.19. The molecule has 8 nitrogen and oxygen atoms in total. The molecular formula is C41H80NO7P. The highest BCUT2D eigenvalue weighted by Gasteiger charge is 2.24. The Kier molecular flexibility index (Phi) is 38.1. The van der Waals surface area contributed by atoms with Gasteiger partial charge in [-0.15, -0.1) is 0 Å². The van der Waals surface area contributed by atoms with E-state index in [1.54, 1.807) is 6.26 Å². The first-order chi connectivity index (χ1) is 24.4. The van der Waals surface area contributed by atoms with Gasteiger partial charge in [0, 0.05) is 13.0 Å². The summed E-state index contributed by atoms with van der Waals surface area (Å²) in [7, 11) is -4.26. The third kappa shape index (κ3) is 38.1. The van der Waals surface area contributed by atoms with Crippen LogP contribution in [0, 0.1) is 0 Å². The molecule has 0 aliphatic rings. The molecule has 0 saturated heterocycles. The van der Waals surface area contributed by atoms with Gasteiger partial charge >= 0.3 is 13.8 Å². The number of allylic oxidation sites excluding steroid dienone is 3. The maximum absolute atomic E-state index is 12.4. The Morgan fingerprint density at radius 2 is 1.02 bits per heavy atom. The average molecular weight is 730 g/mol. The van der Waals surface area contributed by atoms with E-state index in [0.717, 1.165) is 44.9 Å². The third-order valence-electron chi connectivity index (χ3n) is 8.96. The normalized spacial score (nSPS) is 13.7. The number of hydrogen-bond donors (Lipinski definition) is 2. The number of ether oxygens (including phenoxy) is 2. The van der Waals surface area contributed by atoms with Crippen LogP contribution in [0.2, 0.25) is 0 Å². The summed E-state index contributed by atoms with van der Waals surface area (Å²) in [4.78, 5) is 22.2. The van der Waals surface area contributed by atoms with Crippen molar-refractivity contribution in [2.45, 2.75) is 206 Å². The quantitative estimate of drug-likeness (QED) is 0.0210. The van der Waals surface area contributed by atoms with Crippen LogP contribution in [0.1, 0.15) is 200 Å². The SMILES string of the molecule is CCCCCCCCC=CCCCCCCC=CO[C@H](COC(=O)CCCCCCCCCCCCCCCCC)COP(=O)(O)OCCN. The van der Waals surface area contributed by atoms with E-state index in [1.165, 1.54) is 135 Å². The van der Waals surface area contributed by atoms with E-state index in [2.05, 4.69) is 26.0 Å². The summed E-state index contributed by atoms with van der Waals surface area (Å²) < 4.78 is 33.1. The maximum atomic E-state index is 12.4. The molecule has 0 bridgehead atoms. The molecule has 2 atom stereocenters. The standard InChI is InChI=1S/C41H80NO7P/c1-3-5-7-9-11-13-15-17-19-21-23-25-27-29-31-33-36-46-40(39-49-50(44,45)48-37-35-42)38-47-41(43)34-32-30-28-26-24-22-20-18-16-14-12-10-8-6-4-2/h17,19,33,36,40H,3-16,18,20-32,34-35,37-39,42H2,1-2H3,(H,44,45)/t40-/m1/s1. The van der Waals surface area contributed by atoms with Gasteiger partial charge in [-0.25, -0.2) is 4.57 Å². The van der Waals surface area contributed by atoms with Crippen LogP contribution in [0.25, 0.3) is 0 Å². The Balaban J connectivity index is 4.09. The molecule has 296 valence electrons. The largest absolute Gasteiger partial charge is 0.492 e. The van der Waals surface area contributed by atoms with Gasteiger partial charge in [0.2, 0.25) is 0 Å². The number of nitrogens with two attached hydrogens (primary N) is 1. The molecule has 0 aromatic heterocycles. The molecule has 1 unspecified atom stereocenters. The molecule has 3 N–H and O–H groups in total. The molecule has 50 heavy (non-hydrogen) atoms. The molecule has 9 heteroatoms. The summed E-state index contributed by atoms with van der Waals surface area (Å²) in [5.41, 5.74) is 5.36. The van der Waals surface area contributed by atoms with Crippen molar-refractivity contribution in [1.82, 2.24) is 0 Å². The van der Waals surface area contributed by atoms with Gasteiger partial charge in [-0.3, -0.25) is 13.8 Å². The van der Waals surface area contributed by atoms with Gasteiger partial charge in [0.25, 0.3) is 0 Å². The Morgan fingerprint density at radius 1 is 0.600 bits per heavy atom. The van der Waals surface area contributed by atoms with Gasteiger partial charge in [-0.2, -0.15) is 0 Å². The van der Waals surface area contributed by atoms with Gasteiger partial charge in [-0.1, -0.05) is 161 Å². The zero-order chi connectivity index (χ0) is 36.6. The molecule has 0 radical (unpaired) electrons. The summed E-state index contributed by atoms with van der Waals surface area (Å²) in [6.45, 7) is 4.22. The lowest BCUT2D eigenvalue weighted by atomic mass is 10.0. The Labute approximate surface area is 308 Å². The van der Waals surface area contributed by atoms with Gasteiger partial charge in [0.05, 0.1) is 19.5 Å². The first-order valence-electron chi connectivity index (χ1n) is 20.9. The van der Waals surface area contributed by atoms with Crippen LogP contribution in [0.15, 0.2) is 24.5 Å². The molecule has 0 aromatic rings. The van der Waals surface area contributed by atoms with E-state index in [1.807, 2.05) is 6.08 Å². The molecule has 0 aromatic carbocycles. The third-order valence-corrected chi connectivity index (χ3v) is 9.94. The van der Waals surface area contributed by atoms with E-state index >= 15 is 0 Å². The maximum Gasteiger partial charge on any atom is 0.472 e. The fourth-order valence-corrected chi connectivity index (χ4v) is 6.56. The zero-order valence-electron chi connectivity index (χ0n) is 32.6. The van der Waals surface area contributed by atoms with Crippen molar-refractivity contribution in [2.75, 3.05) is 26.4 Å². The number of carbonyl (C=O) groups is 1. The molecule has 0 amide bonds. The summed E-state index contributed by atoms with van der Waals surface area (Å²) in [5, 5.41) is 0. The molecular weight excluding hydrogens is 649 g/mol. The Hall–Kier alpha value is -1.18. The predicted molar refractivity (Wildman–Crippen MR) is 210 cm³/mol. The van der Waals surface area contributed by atoms with Gasteiger partial charge in [0.1, 0.15) is 6.61 Å². The summed E-state index contributed by atoms with van der Waals surface area (Å²) >= 11 is 0. The highest BCUT2D eigenvalue weighted by atomic mass is 31.2. The fraction of sp³-hybridized carbons (Fsp3) is 0.878.